The predicted octanol–water partition coefficient (Wildman–Crippen LogP) is 4.07. The number of benzene rings is 1. The molecule has 1 aliphatic heterocycles. The maximum absolute atomic E-state index is 13.4. The topological polar surface area (TPSA) is 32.8 Å². The van der Waals surface area contributed by atoms with Crippen LogP contribution in [0.25, 0.3) is 0 Å². The molecule has 1 aromatic rings. The molecule has 1 aliphatic rings. The quantitative estimate of drug-likeness (QED) is 0.766. The average molecular weight is 401 g/mol. The highest BCUT2D eigenvalue weighted by atomic mass is 79.9. The Bertz CT molecular complexity index is 569. The van der Waals surface area contributed by atoms with E-state index in [4.69, 9.17) is 4.74 Å². The Kier molecular flexibility index (Phi) is 6.26. The Balaban J connectivity index is 1.86. The van der Waals surface area contributed by atoms with Gasteiger partial charge in [-0.2, -0.15) is 0 Å². The molecule has 0 bridgehead atoms. The minimum Gasteiger partial charge on any atom is -0.444 e. The summed E-state index contributed by atoms with van der Waals surface area (Å²) in [5.74, 6) is -0.220. The molecule has 0 radical (unpaired) electrons. The lowest BCUT2D eigenvalue weighted by atomic mass is 10.1. The van der Waals surface area contributed by atoms with Crippen LogP contribution in [0.1, 0.15) is 33.3 Å². The minimum atomic E-state index is -0.470. The van der Waals surface area contributed by atoms with Crippen molar-refractivity contribution in [2.45, 2.75) is 45.8 Å². The molecule has 0 aliphatic carbocycles. The number of amides is 1. The third-order valence-corrected chi connectivity index (χ3v) is 4.48. The summed E-state index contributed by atoms with van der Waals surface area (Å²) in [6, 6.07) is 5.24. The highest BCUT2D eigenvalue weighted by Gasteiger charge is 2.29. The molecular weight excluding hydrogens is 375 g/mol. The van der Waals surface area contributed by atoms with Crippen molar-refractivity contribution < 1.29 is 13.9 Å². The number of rotatable bonds is 3. The summed E-state index contributed by atoms with van der Waals surface area (Å²) in [5.41, 5.74) is 0.506. The summed E-state index contributed by atoms with van der Waals surface area (Å²) < 4.78 is 19.6. The van der Waals surface area contributed by atoms with Gasteiger partial charge in [-0.15, -0.1) is 0 Å². The molecule has 6 heteroatoms. The first-order chi connectivity index (χ1) is 11.1. The third kappa shape index (κ3) is 5.74. The van der Waals surface area contributed by atoms with Crippen LogP contribution < -0.4 is 0 Å². The van der Waals surface area contributed by atoms with E-state index in [9.17, 15) is 9.18 Å². The summed E-state index contributed by atoms with van der Waals surface area (Å²) in [5, 5.41) is 0. The van der Waals surface area contributed by atoms with Crippen LogP contribution in [0.4, 0.5) is 9.18 Å². The molecule has 24 heavy (non-hydrogen) atoms. The first kappa shape index (κ1) is 19.2. The van der Waals surface area contributed by atoms with Gasteiger partial charge in [-0.25, -0.2) is 9.18 Å². The van der Waals surface area contributed by atoms with Crippen LogP contribution >= 0.6 is 15.9 Å². The van der Waals surface area contributed by atoms with Gasteiger partial charge in [0.25, 0.3) is 0 Å². The Labute approximate surface area is 152 Å². The van der Waals surface area contributed by atoms with Gasteiger partial charge >= 0.3 is 6.09 Å². The van der Waals surface area contributed by atoms with Crippen LogP contribution in [-0.4, -0.2) is 53.7 Å². The summed E-state index contributed by atoms with van der Waals surface area (Å²) in [4.78, 5) is 16.3. The zero-order chi connectivity index (χ0) is 17.9. The van der Waals surface area contributed by atoms with E-state index in [0.29, 0.717) is 13.1 Å². The van der Waals surface area contributed by atoms with Gasteiger partial charge in [0.15, 0.2) is 0 Å². The predicted molar refractivity (Wildman–Crippen MR) is 96.6 cm³/mol. The zero-order valence-corrected chi connectivity index (χ0v) is 16.4. The Morgan fingerprint density at radius 1 is 1.33 bits per heavy atom. The first-order valence-electron chi connectivity index (χ1n) is 8.31. The fourth-order valence-corrected chi connectivity index (χ4v) is 3.36. The average Bonchev–Trinajstić information content (AvgIpc) is 2.43. The molecule has 0 spiro atoms. The lowest BCUT2D eigenvalue weighted by Crippen LogP contribution is -2.54. The molecular formula is C18H26BrFN2O2. The minimum absolute atomic E-state index is 0.220. The van der Waals surface area contributed by atoms with Gasteiger partial charge in [0.2, 0.25) is 0 Å². The molecule has 1 aromatic carbocycles. The molecule has 1 amide bonds. The smallest absolute Gasteiger partial charge is 0.410 e. The van der Waals surface area contributed by atoms with E-state index in [1.54, 1.807) is 11.0 Å². The molecule has 0 saturated carbocycles. The summed E-state index contributed by atoms with van der Waals surface area (Å²) in [6.07, 6.45) is 0.538. The van der Waals surface area contributed by atoms with Crippen LogP contribution in [0.5, 0.6) is 0 Å². The SMILES string of the molecule is C[C@H]1CN(C(=O)OC(C)(C)C)CCN1CCc1cc(F)cc(Br)c1. The molecule has 4 nitrogen and oxygen atoms in total. The van der Waals surface area contributed by atoms with Crippen LogP contribution in [-0.2, 0) is 11.2 Å². The lowest BCUT2D eigenvalue weighted by molar-refractivity contribution is 0.00597. The van der Waals surface area contributed by atoms with Gasteiger partial charge in [0.05, 0.1) is 0 Å². The van der Waals surface area contributed by atoms with Crippen LogP contribution in [0, 0.1) is 5.82 Å². The van der Waals surface area contributed by atoms with Gasteiger partial charge in [0.1, 0.15) is 11.4 Å². The number of hydrogen-bond donors (Lipinski definition) is 0. The number of piperazine rings is 1. The van der Waals surface area contributed by atoms with E-state index in [0.717, 1.165) is 29.5 Å². The van der Waals surface area contributed by atoms with Crippen molar-refractivity contribution in [1.29, 1.82) is 0 Å². The lowest BCUT2D eigenvalue weighted by Gasteiger charge is -2.40. The van der Waals surface area contributed by atoms with Crippen molar-refractivity contribution in [1.82, 2.24) is 9.80 Å². The van der Waals surface area contributed by atoms with E-state index >= 15 is 0 Å². The Morgan fingerprint density at radius 2 is 2.04 bits per heavy atom. The van der Waals surface area contributed by atoms with E-state index < -0.39 is 5.60 Å². The second-order valence-corrected chi connectivity index (χ2v) is 8.25. The summed E-state index contributed by atoms with van der Waals surface area (Å²) in [7, 11) is 0. The van der Waals surface area contributed by atoms with Gasteiger partial charge in [-0.1, -0.05) is 15.9 Å². The second-order valence-electron chi connectivity index (χ2n) is 7.34. The Hall–Kier alpha value is -1.14. The first-order valence-corrected chi connectivity index (χ1v) is 9.10. The fraction of sp³-hybridized carbons (Fsp3) is 0.611. The largest absolute Gasteiger partial charge is 0.444 e. The van der Waals surface area contributed by atoms with E-state index in [-0.39, 0.29) is 18.0 Å². The molecule has 134 valence electrons. The van der Waals surface area contributed by atoms with E-state index in [1.807, 2.05) is 26.8 Å². The van der Waals surface area contributed by atoms with Crippen molar-refractivity contribution in [3.8, 4) is 0 Å². The maximum Gasteiger partial charge on any atom is 0.410 e. The van der Waals surface area contributed by atoms with Gasteiger partial charge in [-0.3, -0.25) is 4.90 Å². The maximum atomic E-state index is 13.4. The van der Waals surface area contributed by atoms with E-state index in [2.05, 4.69) is 27.8 Å². The van der Waals surface area contributed by atoms with Crippen molar-refractivity contribution >= 4 is 22.0 Å². The molecule has 1 saturated heterocycles. The fourth-order valence-electron chi connectivity index (χ4n) is 2.85. The van der Waals surface area contributed by atoms with Gasteiger partial charge in [0, 0.05) is 36.7 Å². The molecule has 1 heterocycles. The summed E-state index contributed by atoms with van der Waals surface area (Å²) >= 11 is 3.33. The Morgan fingerprint density at radius 3 is 2.62 bits per heavy atom. The third-order valence-electron chi connectivity index (χ3n) is 4.03. The number of hydrogen-bond acceptors (Lipinski definition) is 3. The second kappa shape index (κ2) is 7.83. The molecule has 1 fully saturated rings. The zero-order valence-electron chi connectivity index (χ0n) is 14.8. The molecule has 0 aromatic heterocycles. The monoisotopic (exact) mass is 400 g/mol. The van der Waals surface area contributed by atoms with Crippen molar-refractivity contribution in [2.24, 2.45) is 0 Å². The van der Waals surface area contributed by atoms with Gasteiger partial charge < -0.3 is 9.64 Å². The van der Waals surface area contributed by atoms with Crippen LogP contribution in [0.2, 0.25) is 0 Å². The number of ether oxygens (including phenoxy) is 1. The van der Waals surface area contributed by atoms with Crippen molar-refractivity contribution in [2.75, 3.05) is 26.2 Å². The number of halogens is 2. The van der Waals surface area contributed by atoms with Crippen molar-refractivity contribution in [3.63, 3.8) is 0 Å². The van der Waals surface area contributed by atoms with E-state index in [1.165, 1.54) is 6.07 Å². The molecule has 0 N–H and O–H groups in total. The van der Waals surface area contributed by atoms with Crippen LogP contribution in [0.15, 0.2) is 22.7 Å². The standard InChI is InChI=1S/C18H26BrFN2O2/c1-13-12-22(17(23)24-18(2,3)4)8-7-21(13)6-5-14-9-15(19)11-16(20)10-14/h9-11,13H,5-8,12H2,1-4H3/t13-/m0/s1. The molecule has 0 unspecified atom stereocenters. The summed E-state index contributed by atoms with van der Waals surface area (Å²) in [6.45, 7) is 10.7. The highest BCUT2D eigenvalue weighted by Crippen LogP contribution is 2.18. The number of nitrogens with zero attached hydrogens (tertiary/aromatic N) is 2. The van der Waals surface area contributed by atoms with Gasteiger partial charge in [-0.05, 0) is 57.9 Å². The number of carbonyl (C=O) groups is 1. The van der Waals surface area contributed by atoms with Crippen molar-refractivity contribution in [3.05, 3.63) is 34.1 Å². The highest BCUT2D eigenvalue weighted by molar-refractivity contribution is 9.10. The molecule has 1 atom stereocenters. The molecule has 2 rings (SSSR count). The van der Waals surface area contributed by atoms with Crippen LogP contribution in [0.3, 0.4) is 0 Å². The normalized spacial score (nSPS) is 19.4. The number of carbonyl (C=O) groups excluding carboxylic acids is 1.